The predicted octanol–water partition coefficient (Wildman–Crippen LogP) is 4.84. The van der Waals surface area contributed by atoms with E-state index in [9.17, 15) is 4.79 Å². The van der Waals surface area contributed by atoms with Crippen molar-refractivity contribution >= 4 is 46.4 Å². The molecule has 1 unspecified atom stereocenters. The Morgan fingerprint density at radius 1 is 0.957 bits per heavy atom. The van der Waals surface area contributed by atoms with Crippen LogP contribution in [0.4, 0.5) is 5.69 Å². The Morgan fingerprint density at radius 3 is 2.09 bits per heavy atom. The van der Waals surface area contributed by atoms with Crippen molar-refractivity contribution in [3.63, 3.8) is 0 Å². The van der Waals surface area contributed by atoms with E-state index < -0.39 is 9.96 Å². The number of nitrogens with one attached hydrogen (secondary N) is 2. The van der Waals surface area contributed by atoms with Crippen LogP contribution >= 0.6 is 34.8 Å². The van der Waals surface area contributed by atoms with Crippen molar-refractivity contribution in [3.8, 4) is 0 Å². The van der Waals surface area contributed by atoms with Crippen LogP contribution in [0.5, 0.6) is 0 Å². The minimum Gasteiger partial charge on any atom is -0.362 e. The number of carbonyl (C=O) groups excluding carboxylic acids is 1. The number of halogens is 3. The van der Waals surface area contributed by atoms with Gasteiger partial charge < -0.3 is 10.6 Å². The minimum absolute atomic E-state index is 0.305. The van der Waals surface area contributed by atoms with Gasteiger partial charge in [-0.2, -0.15) is 0 Å². The van der Waals surface area contributed by atoms with Crippen molar-refractivity contribution in [1.82, 2.24) is 5.32 Å². The molecule has 0 saturated heterocycles. The van der Waals surface area contributed by atoms with E-state index in [1.165, 1.54) is 0 Å². The van der Waals surface area contributed by atoms with Crippen LogP contribution in [0, 0.1) is 13.8 Å². The lowest BCUT2D eigenvalue weighted by molar-refractivity contribution is 0.0941. The van der Waals surface area contributed by atoms with Gasteiger partial charge in [0.05, 0.1) is 0 Å². The fourth-order valence-electron chi connectivity index (χ4n) is 2.13. The molecule has 2 rings (SSSR count). The van der Waals surface area contributed by atoms with Gasteiger partial charge in [-0.3, -0.25) is 4.79 Å². The van der Waals surface area contributed by atoms with E-state index in [1.54, 1.807) is 12.1 Å². The summed E-state index contributed by atoms with van der Waals surface area (Å²) in [4.78, 5) is 12.5. The number of hydrogen-bond acceptors (Lipinski definition) is 2. The zero-order chi connectivity index (χ0) is 17.0. The number of rotatable bonds is 4. The zero-order valence-corrected chi connectivity index (χ0v) is 15.0. The highest BCUT2D eigenvalue weighted by Crippen LogP contribution is 2.32. The van der Waals surface area contributed by atoms with Crippen molar-refractivity contribution in [3.05, 3.63) is 65.2 Å². The average Bonchev–Trinajstić information content (AvgIpc) is 2.48. The number of hydrogen-bond donors (Lipinski definition) is 2. The molecule has 0 aliphatic heterocycles. The van der Waals surface area contributed by atoms with Crippen molar-refractivity contribution in [2.24, 2.45) is 0 Å². The molecule has 1 atom stereocenters. The molecule has 2 N–H and O–H groups in total. The Labute approximate surface area is 150 Å². The first-order valence-corrected chi connectivity index (χ1v) is 8.18. The Balaban J connectivity index is 2.22. The topological polar surface area (TPSA) is 41.1 Å². The molecule has 1 amide bonds. The van der Waals surface area contributed by atoms with Gasteiger partial charge in [0.25, 0.3) is 5.91 Å². The third-order valence-electron chi connectivity index (χ3n) is 3.44. The predicted molar refractivity (Wildman–Crippen MR) is 97.5 cm³/mol. The standard InChI is InChI=1S/C17H17Cl3N2O/c1-11-7-3-5-9-13(11)15(23)22-16(17(18,19)20)21-14-10-6-4-8-12(14)2/h3-10,16,21H,1-2H3,(H,22,23). The molecule has 0 heterocycles. The Kier molecular flexibility index (Phi) is 5.79. The first-order valence-electron chi connectivity index (χ1n) is 7.04. The summed E-state index contributed by atoms with van der Waals surface area (Å²) in [5.41, 5.74) is 3.16. The van der Waals surface area contributed by atoms with Gasteiger partial charge in [-0.1, -0.05) is 71.2 Å². The maximum Gasteiger partial charge on any atom is 0.253 e. The van der Waals surface area contributed by atoms with Crippen LogP contribution in [-0.2, 0) is 0 Å². The van der Waals surface area contributed by atoms with Gasteiger partial charge in [0.1, 0.15) is 6.17 Å². The smallest absolute Gasteiger partial charge is 0.253 e. The fourth-order valence-corrected chi connectivity index (χ4v) is 2.45. The van der Waals surface area contributed by atoms with Crippen molar-refractivity contribution in [1.29, 1.82) is 0 Å². The molecule has 3 nitrogen and oxygen atoms in total. The average molecular weight is 372 g/mol. The number of anilines is 1. The lowest BCUT2D eigenvalue weighted by Crippen LogP contribution is -2.49. The molecule has 0 aromatic heterocycles. The van der Waals surface area contributed by atoms with Gasteiger partial charge in [0, 0.05) is 11.3 Å². The maximum absolute atomic E-state index is 12.5. The fraction of sp³-hybridized carbons (Fsp3) is 0.235. The first kappa shape index (κ1) is 17.9. The summed E-state index contributed by atoms with van der Waals surface area (Å²) < 4.78 is -1.71. The molecule has 23 heavy (non-hydrogen) atoms. The lowest BCUT2D eigenvalue weighted by atomic mass is 10.1. The number of para-hydroxylation sites is 1. The molecular formula is C17H17Cl3N2O. The molecule has 2 aromatic rings. The van der Waals surface area contributed by atoms with Crippen LogP contribution < -0.4 is 10.6 Å². The van der Waals surface area contributed by atoms with E-state index in [0.717, 1.165) is 16.8 Å². The Hall–Kier alpha value is -1.42. The summed E-state index contributed by atoms with van der Waals surface area (Å²) in [6, 6.07) is 14.8. The van der Waals surface area contributed by atoms with E-state index >= 15 is 0 Å². The highest BCUT2D eigenvalue weighted by Gasteiger charge is 2.34. The summed E-state index contributed by atoms with van der Waals surface area (Å²) in [5.74, 6) is -0.305. The molecule has 0 radical (unpaired) electrons. The second-order valence-electron chi connectivity index (χ2n) is 5.22. The molecule has 2 aromatic carbocycles. The molecule has 6 heteroatoms. The van der Waals surface area contributed by atoms with Gasteiger partial charge in [0.2, 0.25) is 3.79 Å². The number of carbonyl (C=O) groups is 1. The molecule has 0 saturated carbocycles. The largest absolute Gasteiger partial charge is 0.362 e. The molecule has 0 bridgehead atoms. The number of amides is 1. The van der Waals surface area contributed by atoms with Gasteiger partial charge in [-0.25, -0.2) is 0 Å². The van der Waals surface area contributed by atoms with E-state index in [-0.39, 0.29) is 5.91 Å². The highest BCUT2D eigenvalue weighted by atomic mass is 35.6. The van der Waals surface area contributed by atoms with Crippen LogP contribution in [0.2, 0.25) is 0 Å². The Bertz CT molecular complexity index is 698. The minimum atomic E-state index is -1.71. The van der Waals surface area contributed by atoms with E-state index in [1.807, 2.05) is 50.2 Å². The monoisotopic (exact) mass is 370 g/mol. The quantitative estimate of drug-likeness (QED) is 0.596. The van der Waals surface area contributed by atoms with E-state index in [2.05, 4.69) is 10.6 Å². The Morgan fingerprint density at radius 2 is 1.52 bits per heavy atom. The summed E-state index contributed by atoms with van der Waals surface area (Å²) in [7, 11) is 0. The van der Waals surface area contributed by atoms with Crippen LogP contribution in [0.1, 0.15) is 21.5 Å². The van der Waals surface area contributed by atoms with E-state index in [4.69, 9.17) is 34.8 Å². The summed E-state index contributed by atoms with van der Waals surface area (Å²) in [5, 5.41) is 5.82. The molecule has 122 valence electrons. The maximum atomic E-state index is 12.5. The molecule has 0 aliphatic rings. The molecule has 0 fully saturated rings. The molecule has 0 spiro atoms. The molecule has 0 aliphatic carbocycles. The summed E-state index contributed by atoms with van der Waals surface area (Å²) in [6.07, 6.45) is -0.874. The zero-order valence-electron chi connectivity index (χ0n) is 12.7. The summed E-state index contributed by atoms with van der Waals surface area (Å²) in [6.45, 7) is 3.79. The number of aryl methyl sites for hydroxylation is 2. The third-order valence-corrected chi connectivity index (χ3v) is 4.09. The highest BCUT2D eigenvalue weighted by molar-refractivity contribution is 6.68. The second kappa shape index (κ2) is 7.43. The van der Waals surface area contributed by atoms with Gasteiger partial charge in [-0.05, 0) is 37.1 Å². The van der Waals surface area contributed by atoms with Crippen LogP contribution in [-0.4, -0.2) is 15.9 Å². The van der Waals surface area contributed by atoms with Crippen LogP contribution in [0.3, 0.4) is 0 Å². The van der Waals surface area contributed by atoms with Crippen LogP contribution in [0.15, 0.2) is 48.5 Å². The SMILES string of the molecule is Cc1ccccc1NC(NC(=O)c1ccccc1C)C(Cl)(Cl)Cl. The second-order valence-corrected chi connectivity index (χ2v) is 7.59. The lowest BCUT2D eigenvalue weighted by Gasteiger charge is -2.28. The van der Waals surface area contributed by atoms with Gasteiger partial charge in [-0.15, -0.1) is 0 Å². The number of benzene rings is 2. The summed E-state index contributed by atoms with van der Waals surface area (Å²) >= 11 is 18.1. The van der Waals surface area contributed by atoms with Crippen LogP contribution in [0.25, 0.3) is 0 Å². The number of alkyl halides is 3. The van der Waals surface area contributed by atoms with Gasteiger partial charge >= 0.3 is 0 Å². The van der Waals surface area contributed by atoms with Crippen molar-refractivity contribution < 1.29 is 4.79 Å². The van der Waals surface area contributed by atoms with E-state index in [0.29, 0.717) is 5.56 Å². The third kappa shape index (κ3) is 4.77. The molecular weight excluding hydrogens is 355 g/mol. The van der Waals surface area contributed by atoms with Crippen molar-refractivity contribution in [2.45, 2.75) is 23.8 Å². The van der Waals surface area contributed by atoms with Crippen molar-refractivity contribution in [2.75, 3.05) is 5.32 Å². The first-order chi connectivity index (χ1) is 10.8. The van der Waals surface area contributed by atoms with Gasteiger partial charge in [0.15, 0.2) is 0 Å². The normalized spacial score (nSPS) is 12.6.